The van der Waals surface area contributed by atoms with Crippen LogP contribution in [0.5, 0.6) is 5.75 Å². The molecule has 1 aromatic heterocycles. The maximum atomic E-state index is 14.4. The summed E-state index contributed by atoms with van der Waals surface area (Å²) in [7, 11) is -3.32. The largest absolute Gasteiger partial charge is 0.495 e. The minimum absolute atomic E-state index is 0.00212. The van der Waals surface area contributed by atoms with E-state index in [2.05, 4.69) is 23.6 Å². The van der Waals surface area contributed by atoms with Crippen LogP contribution in [-0.4, -0.2) is 31.6 Å². The predicted octanol–water partition coefficient (Wildman–Crippen LogP) is 9.25. The van der Waals surface area contributed by atoms with E-state index in [1.165, 1.54) is 31.4 Å². The average molecular weight is 703 g/mol. The second kappa shape index (κ2) is 12.5. The summed E-state index contributed by atoms with van der Waals surface area (Å²) in [6.07, 6.45) is 1.18. The quantitative estimate of drug-likeness (QED) is 0.177. The molecule has 2 saturated carbocycles. The van der Waals surface area contributed by atoms with Crippen molar-refractivity contribution in [2.24, 2.45) is 17.8 Å². The molecule has 13 heteroatoms. The summed E-state index contributed by atoms with van der Waals surface area (Å²) < 4.78 is 91.0. The number of anilines is 1. The van der Waals surface area contributed by atoms with E-state index in [0.717, 1.165) is 60.3 Å². The number of nitrogens with zero attached hydrogens (tertiary/aromatic N) is 1. The van der Waals surface area contributed by atoms with E-state index in [1.54, 1.807) is 12.1 Å². The molecule has 0 saturated heterocycles. The third kappa shape index (κ3) is 6.67. The van der Waals surface area contributed by atoms with E-state index in [0.29, 0.717) is 23.5 Å². The van der Waals surface area contributed by atoms with Crippen LogP contribution in [0, 0.1) is 23.6 Å². The number of thiazole rings is 1. The predicted molar refractivity (Wildman–Crippen MR) is 175 cm³/mol. The number of halogens is 4. The molecule has 7 nitrogen and oxygen atoms in total. The Morgan fingerprint density at radius 1 is 1.02 bits per heavy atom. The van der Waals surface area contributed by atoms with Gasteiger partial charge in [-0.25, -0.2) is 14.2 Å². The van der Waals surface area contributed by atoms with Crippen molar-refractivity contribution in [3.63, 3.8) is 0 Å². The number of alkyl halides is 3. The van der Waals surface area contributed by atoms with Gasteiger partial charge in [-0.05, 0) is 84.1 Å². The lowest BCUT2D eigenvalue weighted by Crippen LogP contribution is -2.38. The monoisotopic (exact) mass is 702 g/mol. The SMILES string of the molecule is COc1cc(C(=O)O)c(F)cc1NS(=O)(=O)c1csc(-c2ccc(-c3ccc(C4(C)CC5CC(C)CC(C5)C4)cc3)c(C(F)(F)F)c2)n1. The summed E-state index contributed by atoms with van der Waals surface area (Å²) in [6.45, 7) is 4.59. The Balaban J connectivity index is 1.26. The molecular formula is C35H34F4N2O5S2. The number of aromatic nitrogens is 1. The molecule has 0 amide bonds. The van der Waals surface area contributed by atoms with Gasteiger partial charge in [-0.1, -0.05) is 50.2 Å². The van der Waals surface area contributed by atoms with Gasteiger partial charge in [0.05, 0.1) is 23.9 Å². The van der Waals surface area contributed by atoms with Crippen LogP contribution in [-0.2, 0) is 21.6 Å². The van der Waals surface area contributed by atoms with Gasteiger partial charge in [0.1, 0.15) is 16.6 Å². The van der Waals surface area contributed by atoms with E-state index < -0.39 is 44.1 Å². The van der Waals surface area contributed by atoms with E-state index in [4.69, 9.17) is 9.84 Å². The van der Waals surface area contributed by atoms with Crippen molar-refractivity contribution in [2.45, 2.75) is 62.6 Å². The fourth-order valence-electron chi connectivity index (χ4n) is 7.72. The molecule has 2 aliphatic rings. The van der Waals surface area contributed by atoms with Crippen LogP contribution in [0.1, 0.15) is 67.4 Å². The molecule has 2 fully saturated rings. The fraction of sp³-hybridized carbons (Fsp3) is 0.371. The van der Waals surface area contributed by atoms with E-state index in [-0.39, 0.29) is 33.0 Å². The van der Waals surface area contributed by atoms with E-state index in [9.17, 15) is 30.8 Å². The number of carbonyl (C=O) groups is 1. The number of sulfonamides is 1. The molecule has 6 rings (SSSR count). The molecular weight excluding hydrogens is 669 g/mol. The molecule has 2 N–H and O–H groups in total. The molecule has 2 bridgehead atoms. The van der Waals surface area contributed by atoms with Crippen LogP contribution in [0.25, 0.3) is 21.7 Å². The number of carboxylic acids is 1. The first-order valence-electron chi connectivity index (χ1n) is 15.5. The Hall–Kier alpha value is -3.97. The Morgan fingerprint density at radius 2 is 1.67 bits per heavy atom. The lowest BCUT2D eigenvalue weighted by atomic mass is 9.57. The first-order valence-corrected chi connectivity index (χ1v) is 17.8. The zero-order chi connectivity index (χ0) is 34.6. The first-order chi connectivity index (χ1) is 22.6. The van der Waals surface area contributed by atoms with Gasteiger partial charge < -0.3 is 9.84 Å². The summed E-state index contributed by atoms with van der Waals surface area (Å²) in [4.78, 5) is 15.3. The summed E-state index contributed by atoms with van der Waals surface area (Å²) in [5.41, 5.74) is -0.350. The zero-order valence-corrected chi connectivity index (χ0v) is 28.0. The third-order valence-electron chi connectivity index (χ3n) is 9.60. The molecule has 2 unspecified atom stereocenters. The van der Waals surface area contributed by atoms with Crippen LogP contribution in [0.15, 0.2) is 65.0 Å². The molecule has 2 atom stereocenters. The Morgan fingerprint density at radius 3 is 2.27 bits per heavy atom. The molecule has 0 aliphatic heterocycles. The summed E-state index contributed by atoms with van der Waals surface area (Å²) in [6, 6.07) is 12.7. The molecule has 1 heterocycles. The van der Waals surface area contributed by atoms with Crippen LogP contribution in [0.2, 0.25) is 0 Å². The molecule has 4 aromatic rings. The number of fused-ring (bicyclic) bond motifs is 2. The minimum Gasteiger partial charge on any atom is -0.495 e. The standard InChI is InChI=1S/C35H34F4N2O5S2/c1-19-10-20-12-21(11-19)17-34(2,16-20)24-7-4-22(5-8-24)25-9-6-23(13-27(25)35(37,38)39)32-40-31(18-47-32)48(44,45)41-29-15-28(36)26(33(42)43)14-30(29)46-3/h4-9,13-15,18-21,41H,10-12,16-17H2,1-3H3,(H,42,43). The smallest absolute Gasteiger partial charge is 0.417 e. The number of rotatable bonds is 8. The van der Waals surface area contributed by atoms with E-state index >= 15 is 0 Å². The van der Waals surface area contributed by atoms with E-state index in [1.807, 2.05) is 12.1 Å². The second-order valence-corrected chi connectivity index (χ2v) is 15.8. The van der Waals surface area contributed by atoms with Crippen LogP contribution in [0.4, 0.5) is 23.2 Å². The van der Waals surface area contributed by atoms with Gasteiger partial charge in [0.15, 0.2) is 5.03 Å². The number of aromatic carboxylic acids is 1. The van der Waals surface area contributed by atoms with Crippen LogP contribution < -0.4 is 9.46 Å². The van der Waals surface area contributed by atoms with Crippen molar-refractivity contribution in [3.05, 3.63) is 82.5 Å². The number of hydrogen-bond donors (Lipinski definition) is 2. The highest BCUT2D eigenvalue weighted by molar-refractivity contribution is 7.92. The maximum absolute atomic E-state index is 14.4. The van der Waals surface area contributed by atoms with Crippen molar-refractivity contribution in [3.8, 4) is 27.4 Å². The lowest BCUT2D eigenvalue weighted by Gasteiger charge is -2.47. The summed E-state index contributed by atoms with van der Waals surface area (Å²) >= 11 is 0.824. The zero-order valence-electron chi connectivity index (χ0n) is 26.4. The highest BCUT2D eigenvalue weighted by Crippen LogP contribution is 2.51. The molecule has 254 valence electrons. The van der Waals surface area contributed by atoms with Crippen molar-refractivity contribution >= 4 is 33.0 Å². The van der Waals surface area contributed by atoms with Gasteiger partial charge in [0, 0.05) is 17.0 Å². The number of ether oxygens (including phenoxy) is 1. The average Bonchev–Trinajstić information content (AvgIpc) is 3.51. The lowest BCUT2D eigenvalue weighted by molar-refractivity contribution is -0.137. The highest BCUT2D eigenvalue weighted by Gasteiger charge is 2.42. The van der Waals surface area contributed by atoms with Gasteiger partial charge in [-0.2, -0.15) is 21.6 Å². The van der Waals surface area contributed by atoms with Crippen LogP contribution in [0.3, 0.4) is 0 Å². The molecule has 0 radical (unpaired) electrons. The van der Waals surface area contributed by atoms with Crippen molar-refractivity contribution in [2.75, 3.05) is 11.8 Å². The minimum atomic E-state index is -4.70. The molecule has 3 aromatic carbocycles. The van der Waals surface area contributed by atoms with Crippen molar-refractivity contribution < 1.29 is 40.6 Å². The van der Waals surface area contributed by atoms with Crippen LogP contribution >= 0.6 is 11.3 Å². The first kappa shape index (κ1) is 33.9. The number of methoxy groups -OCH3 is 1. The van der Waals surface area contributed by atoms with Crippen molar-refractivity contribution in [1.29, 1.82) is 0 Å². The fourth-order valence-corrected chi connectivity index (χ4v) is 9.87. The molecule has 2 aliphatic carbocycles. The van der Waals surface area contributed by atoms with Gasteiger partial charge in [0.25, 0.3) is 10.0 Å². The summed E-state index contributed by atoms with van der Waals surface area (Å²) in [5.74, 6) is -0.937. The number of benzene rings is 3. The Kier molecular flexibility index (Phi) is 8.82. The van der Waals surface area contributed by atoms with Gasteiger partial charge in [-0.15, -0.1) is 11.3 Å². The maximum Gasteiger partial charge on any atom is 0.417 e. The number of hydrogen-bond acceptors (Lipinski definition) is 6. The number of carboxylic acid groups (broad SMARTS) is 1. The summed E-state index contributed by atoms with van der Waals surface area (Å²) in [5, 5.41) is 9.79. The number of nitrogens with one attached hydrogen (secondary N) is 1. The third-order valence-corrected chi connectivity index (χ3v) is 11.9. The van der Waals surface area contributed by atoms with Crippen molar-refractivity contribution in [1.82, 2.24) is 4.98 Å². The Bertz CT molecular complexity index is 1960. The normalized spacial score (nSPS) is 22.7. The van der Waals surface area contributed by atoms with Gasteiger partial charge in [0.2, 0.25) is 0 Å². The second-order valence-electron chi connectivity index (χ2n) is 13.3. The topological polar surface area (TPSA) is 106 Å². The van der Waals surface area contributed by atoms with Gasteiger partial charge >= 0.3 is 12.1 Å². The molecule has 48 heavy (non-hydrogen) atoms. The molecule has 0 spiro atoms. The Labute approximate surface area is 280 Å². The highest BCUT2D eigenvalue weighted by atomic mass is 32.2. The van der Waals surface area contributed by atoms with Gasteiger partial charge in [-0.3, -0.25) is 4.72 Å².